The van der Waals surface area contributed by atoms with Gasteiger partial charge in [0.25, 0.3) is 0 Å². The van der Waals surface area contributed by atoms with Crippen LogP contribution in [0.15, 0.2) is 60.8 Å². The van der Waals surface area contributed by atoms with Crippen molar-refractivity contribution in [3.8, 4) is 5.75 Å². The van der Waals surface area contributed by atoms with Gasteiger partial charge >= 0.3 is 0 Å². The molecule has 0 amide bonds. The highest BCUT2D eigenvalue weighted by Gasteiger charge is 2.51. The third kappa shape index (κ3) is 3.21. The summed E-state index contributed by atoms with van der Waals surface area (Å²) >= 11 is 0. The summed E-state index contributed by atoms with van der Waals surface area (Å²) in [7, 11) is 1.68. The maximum absolute atomic E-state index is 11.9. The molecule has 5 rings (SSSR count). The number of fused-ring (bicyclic) bond motifs is 3. The molecule has 2 heterocycles. The summed E-state index contributed by atoms with van der Waals surface area (Å²) in [6.07, 6.45) is 5.21. The lowest BCUT2D eigenvalue weighted by Gasteiger charge is -2.53. The van der Waals surface area contributed by atoms with Gasteiger partial charge in [-0.05, 0) is 48.2 Å². The molecule has 1 saturated heterocycles. The fraction of sp³-hybridized carbons (Fsp3) is 0.400. The van der Waals surface area contributed by atoms with Gasteiger partial charge in [-0.15, -0.1) is 0 Å². The van der Waals surface area contributed by atoms with Gasteiger partial charge in [-0.25, -0.2) is 0 Å². The van der Waals surface area contributed by atoms with Crippen LogP contribution in [0.2, 0.25) is 0 Å². The molecule has 3 aromatic rings. The van der Waals surface area contributed by atoms with Gasteiger partial charge < -0.3 is 9.84 Å². The first-order chi connectivity index (χ1) is 14.2. The first-order valence-corrected chi connectivity index (χ1v) is 10.6. The van der Waals surface area contributed by atoms with Crippen molar-refractivity contribution >= 4 is 10.9 Å². The van der Waals surface area contributed by atoms with Gasteiger partial charge in [0.05, 0.1) is 18.2 Å². The normalized spacial score (nSPS) is 27.1. The van der Waals surface area contributed by atoms with Crippen molar-refractivity contribution in [1.29, 1.82) is 0 Å². The number of aromatic nitrogens is 1. The summed E-state index contributed by atoms with van der Waals surface area (Å²) in [6, 6.07) is 18.6. The SMILES string of the molecule is COc1ccc(C2(O)C3CCCC2CN(Cc2cccc4ncccc24)C3)cc1. The lowest BCUT2D eigenvalue weighted by molar-refractivity contribution is -0.148. The fourth-order valence-electron chi connectivity index (χ4n) is 5.55. The number of aliphatic hydroxyl groups is 1. The molecule has 1 aliphatic carbocycles. The zero-order chi connectivity index (χ0) is 19.8. The molecule has 2 atom stereocenters. The molecule has 1 aliphatic heterocycles. The average molecular weight is 389 g/mol. The van der Waals surface area contributed by atoms with E-state index in [1.165, 1.54) is 17.4 Å². The lowest BCUT2D eigenvalue weighted by atomic mass is 9.62. The molecule has 2 aromatic carbocycles. The number of hydrogen-bond acceptors (Lipinski definition) is 4. The van der Waals surface area contributed by atoms with Crippen molar-refractivity contribution in [1.82, 2.24) is 9.88 Å². The van der Waals surface area contributed by atoms with E-state index in [1.54, 1.807) is 7.11 Å². The zero-order valence-corrected chi connectivity index (χ0v) is 16.9. The molecular weight excluding hydrogens is 360 g/mol. The van der Waals surface area contributed by atoms with Crippen molar-refractivity contribution in [2.75, 3.05) is 20.2 Å². The Morgan fingerprint density at radius 3 is 2.52 bits per heavy atom. The number of nitrogens with zero attached hydrogens (tertiary/aromatic N) is 2. The van der Waals surface area contributed by atoms with E-state index in [2.05, 4.69) is 46.3 Å². The second-order valence-electron chi connectivity index (χ2n) is 8.56. The molecule has 4 nitrogen and oxygen atoms in total. The summed E-state index contributed by atoms with van der Waals surface area (Å²) in [5.74, 6) is 1.36. The topological polar surface area (TPSA) is 45.6 Å². The van der Waals surface area contributed by atoms with Crippen LogP contribution in [0.4, 0.5) is 0 Å². The van der Waals surface area contributed by atoms with Crippen LogP contribution >= 0.6 is 0 Å². The van der Waals surface area contributed by atoms with Crippen LogP contribution in [0.5, 0.6) is 5.75 Å². The van der Waals surface area contributed by atoms with Gasteiger partial charge in [-0.1, -0.05) is 36.8 Å². The van der Waals surface area contributed by atoms with E-state index in [0.717, 1.165) is 49.3 Å². The standard InChI is InChI=1S/C25H28N2O2/c1-29-22-12-10-19(11-13-22)25(28)20-6-3-7-21(25)17-27(16-20)15-18-5-2-9-24-23(18)8-4-14-26-24/h2,4-5,8-14,20-21,28H,3,6-7,15-17H2,1H3. The average Bonchev–Trinajstić information content (AvgIpc) is 2.75. The Morgan fingerprint density at radius 1 is 1.03 bits per heavy atom. The summed E-state index contributed by atoms with van der Waals surface area (Å²) in [6.45, 7) is 2.76. The highest BCUT2D eigenvalue weighted by Crippen LogP contribution is 2.49. The van der Waals surface area contributed by atoms with Crippen LogP contribution in [0.25, 0.3) is 10.9 Å². The number of rotatable bonds is 4. The Labute approximate surface area is 172 Å². The van der Waals surface area contributed by atoms with E-state index in [0.29, 0.717) is 0 Å². The lowest BCUT2D eigenvalue weighted by Crippen LogP contribution is -2.57. The van der Waals surface area contributed by atoms with Crippen LogP contribution in [0.3, 0.4) is 0 Å². The highest BCUT2D eigenvalue weighted by atomic mass is 16.5. The Hall–Kier alpha value is -2.43. The zero-order valence-electron chi connectivity index (χ0n) is 16.9. The van der Waals surface area contributed by atoms with Crippen LogP contribution in [-0.2, 0) is 12.1 Å². The Balaban J connectivity index is 1.41. The Morgan fingerprint density at radius 2 is 1.79 bits per heavy atom. The first kappa shape index (κ1) is 18.6. The highest BCUT2D eigenvalue weighted by molar-refractivity contribution is 5.81. The van der Waals surface area contributed by atoms with E-state index < -0.39 is 5.60 Å². The van der Waals surface area contributed by atoms with Gasteiger partial charge in [0.15, 0.2) is 0 Å². The number of methoxy groups -OCH3 is 1. The van der Waals surface area contributed by atoms with Crippen LogP contribution in [-0.4, -0.2) is 35.2 Å². The molecule has 2 unspecified atom stereocenters. The Bertz CT molecular complexity index is 982. The molecular formula is C25H28N2O2. The van der Waals surface area contributed by atoms with Crippen molar-refractivity contribution in [3.05, 3.63) is 71.9 Å². The molecule has 150 valence electrons. The van der Waals surface area contributed by atoms with E-state index in [9.17, 15) is 5.11 Å². The summed E-state index contributed by atoms with van der Waals surface area (Å²) in [5.41, 5.74) is 2.68. The second kappa shape index (κ2) is 7.43. The number of benzene rings is 2. The molecule has 2 fully saturated rings. The molecule has 29 heavy (non-hydrogen) atoms. The van der Waals surface area contributed by atoms with Crippen molar-refractivity contribution in [2.45, 2.75) is 31.4 Å². The number of ether oxygens (including phenoxy) is 1. The largest absolute Gasteiger partial charge is 0.497 e. The predicted molar refractivity (Wildman–Crippen MR) is 115 cm³/mol. The van der Waals surface area contributed by atoms with Crippen LogP contribution in [0.1, 0.15) is 30.4 Å². The first-order valence-electron chi connectivity index (χ1n) is 10.6. The van der Waals surface area contributed by atoms with Crippen molar-refractivity contribution in [3.63, 3.8) is 0 Å². The Kier molecular flexibility index (Phi) is 4.76. The maximum atomic E-state index is 11.9. The summed E-state index contributed by atoms with van der Waals surface area (Å²) in [4.78, 5) is 7.04. The van der Waals surface area contributed by atoms with Crippen molar-refractivity contribution < 1.29 is 9.84 Å². The number of pyridine rings is 1. The van der Waals surface area contributed by atoms with Crippen LogP contribution in [0, 0.1) is 11.8 Å². The molecule has 2 bridgehead atoms. The molecule has 4 heteroatoms. The third-order valence-corrected chi connectivity index (χ3v) is 6.99. The van der Waals surface area contributed by atoms with E-state index in [4.69, 9.17) is 4.74 Å². The fourth-order valence-corrected chi connectivity index (χ4v) is 5.55. The molecule has 0 spiro atoms. The third-order valence-electron chi connectivity index (χ3n) is 6.99. The minimum Gasteiger partial charge on any atom is -0.497 e. The van der Waals surface area contributed by atoms with Gasteiger partial charge in [-0.2, -0.15) is 0 Å². The molecule has 0 radical (unpaired) electrons. The number of piperidine rings is 1. The van der Waals surface area contributed by atoms with E-state index >= 15 is 0 Å². The van der Waals surface area contributed by atoms with Gasteiger partial charge in [0, 0.05) is 43.1 Å². The molecule has 1 saturated carbocycles. The minimum atomic E-state index is -0.735. The second-order valence-corrected chi connectivity index (χ2v) is 8.56. The quantitative estimate of drug-likeness (QED) is 0.721. The van der Waals surface area contributed by atoms with E-state index in [-0.39, 0.29) is 11.8 Å². The van der Waals surface area contributed by atoms with Crippen LogP contribution < -0.4 is 4.74 Å². The van der Waals surface area contributed by atoms with Gasteiger partial charge in [-0.3, -0.25) is 9.88 Å². The summed E-state index contributed by atoms with van der Waals surface area (Å²) in [5, 5.41) is 13.1. The molecule has 1 aromatic heterocycles. The number of hydrogen-bond donors (Lipinski definition) is 1. The van der Waals surface area contributed by atoms with Gasteiger partial charge in [0.2, 0.25) is 0 Å². The maximum Gasteiger partial charge on any atom is 0.118 e. The smallest absolute Gasteiger partial charge is 0.118 e. The molecule has 2 aliphatic rings. The van der Waals surface area contributed by atoms with Gasteiger partial charge in [0.1, 0.15) is 5.75 Å². The number of likely N-dealkylation sites (tertiary alicyclic amines) is 1. The monoisotopic (exact) mass is 388 g/mol. The predicted octanol–water partition coefficient (Wildman–Crippen LogP) is 4.36. The molecule has 1 N–H and O–H groups in total. The minimum absolute atomic E-state index is 0.261. The van der Waals surface area contributed by atoms with E-state index in [1.807, 2.05) is 24.4 Å². The summed E-state index contributed by atoms with van der Waals surface area (Å²) < 4.78 is 5.31. The van der Waals surface area contributed by atoms with Crippen molar-refractivity contribution in [2.24, 2.45) is 11.8 Å².